The Morgan fingerprint density at radius 1 is 1.16 bits per heavy atom. The van der Waals surface area contributed by atoms with Crippen LogP contribution < -0.4 is 25.7 Å². The molecule has 0 atom stereocenters. The molecule has 0 fully saturated rings. The van der Waals surface area contributed by atoms with Crippen LogP contribution in [0.25, 0.3) is 22.2 Å². The van der Waals surface area contributed by atoms with E-state index in [0.717, 1.165) is 16.0 Å². The number of ether oxygens (including phenoxy) is 1. The SMILES string of the molecule is COc1ccc(-[n+]2[nH]oc(=O)c2-c2csc(-n3[nH]c(C)c(N=Nc4ccccc4C(=O)[O-])c3=O)n2)cc1. The van der Waals surface area contributed by atoms with Crippen LogP contribution in [0, 0.1) is 6.92 Å². The van der Waals surface area contributed by atoms with Gasteiger partial charge < -0.3 is 14.6 Å². The number of hydrogen-bond donors (Lipinski definition) is 2. The van der Waals surface area contributed by atoms with E-state index in [1.54, 1.807) is 49.7 Å². The van der Waals surface area contributed by atoms with E-state index in [9.17, 15) is 19.5 Å². The summed E-state index contributed by atoms with van der Waals surface area (Å²) in [6.07, 6.45) is 0. The molecule has 0 aliphatic heterocycles. The Labute approximate surface area is 210 Å². The second kappa shape index (κ2) is 9.50. The first-order valence-corrected chi connectivity index (χ1v) is 11.5. The third-order valence-electron chi connectivity index (χ3n) is 5.33. The first kappa shape index (κ1) is 23.6. The molecule has 186 valence electrons. The minimum absolute atomic E-state index is 0.0284. The Hall–Kier alpha value is -5.11. The van der Waals surface area contributed by atoms with Crippen LogP contribution in [-0.4, -0.2) is 33.1 Å². The molecule has 13 nitrogen and oxygen atoms in total. The number of nitrogens with zero attached hydrogens (tertiary/aromatic N) is 5. The van der Waals surface area contributed by atoms with Crippen molar-refractivity contribution in [1.82, 2.24) is 20.0 Å². The van der Waals surface area contributed by atoms with Gasteiger partial charge in [0.15, 0.2) is 11.4 Å². The molecule has 0 saturated carbocycles. The van der Waals surface area contributed by atoms with E-state index < -0.39 is 17.2 Å². The number of nitrogens with one attached hydrogen (secondary N) is 2. The molecule has 0 bridgehead atoms. The number of carboxylic acids is 1. The molecule has 3 aromatic heterocycles. The molecule has 0 unspecified atom stereocenters. The predicted molar refractivity (Wildman–Crippen MR) is 128 cm³/mol. The van der Waals surface area contributed by atoms with E-state index in [0.29, 0.717) is 17.1 Å². The lowest BCUT2D eigenvalue weighted by Crippen LogP contribution is -2.36. The first-order chi connectivity index (χ1) is 17.9. The largest absolute Gasteiger partial charge is 0.545 e. The number of methoxy groups -OCH3 is 1. The van der Waals surface area contributed by atoms with E-state index in [1.165, 1.54) is 22.9 Å². The highest BCUT2D eigenvalue weighted by Crippen LogP contribution is 2.24. The van der Waals surface area contributed by atoms with Gasteiger partial charge in [0, 0.05) is 23.1 Å². The maximum absolute atomic E-state index is 13.1. The van der Waals surface area contributed by atoms with Crippen molar-refractivity contribution in [2.24, 2.45) is 10.2 Å². The van der Waals surface area contributed by atoms with E-state index in [2.05, 4.69) is 25.6 Å². The highest BCUT2D eigenvalue weighted by atomic mass is 32.1. The molecule has 0 saturated heterocycles. The number of aromatic nitrogens is 5. The maximum Gasteiger partial charge on any atom is 0.437 e. The molecule has 0 aliphatic rings. The number of aromatic carboxylic acids is 1. The van der Waals surface area contributed by atoms with Crippen molar-refractivity contribution in [1.29, 1.82) is 0 Å². The summed E-state index contributed by atoms with van der Waals surface area (Å²) < 4.78 is 12.7. The van der Waals surface area contributed by atoms with Gasteiger partial charge in [0.2, 0.25) is 10.8 Å². The van der Waals surface area contributed by atoms with Gasteiger partial charge in [0.05, 0.1) is 24.5 Å². The van der Waals surface area contributed by atoms with Gasteiger partial charge in [0.25, 0.3) is 0 Å². The van der Waals surface area contributed by atoms with Crippen LogP contribution >= 0.6 is 11.3 Å². The number of hydrogen-bond acceptors (Lipinski definition) is 10. The quantitative estimate of drug-likeness (QED) is 0.244. The highest BCUT2D eigenvalue weighted by Gasteiger charge is 2.28. The van der Waals surface area contributed by atoms with Crippen LogP contribution in [0.5, 0.6) is 5.75 Å². The number of rotatable bonds is 7. The summed E-state index contributed by atoms with van der Waals surface area (Å²) in [5.41, 5.74) is 0.0429. The molecular formula is C23H17N7O6S. The molecule has 3 heterocycles. The second-order valence-electron chi connectivity index (χ2n) is 7.61. The summed E-state index contributed by atoms with van der Waals surface area (Å²) in [6, 6.07) is 12.8. The highest BCUT2D eigenvalue weighted by molar-refractivity contribution is 7.12. The molecule has 2 aromatic carbocycles. The number of carbonyl (C=O) groups excluding carboxylic acids is 1. The molecule has 37 heavy (non-hydrogen) atoms. The normalized spacial score (nSPS) is 11.3. The van der Waals surface area contributed by atoms with Crippen molar-refractivity contribution in [2.45, 2.75) is 6.92 Å². The Bertz CT molecular complexity index is 1760. The van der Waals surface area contributed by atoms with Crippen LogP contribution in [0.3, 0.4) is 0 Å². The van der Waals surface area contributed by atoms with Gasteiger partial charge >= 0.3 is 16.9 Å². The van der Waals surface area contributed by atoms with Gasteiger partial charge in [0.1, 0.15) is 5.75 Å². The number of benzene rings is 2. The standard InChI is InChI=1S/C23H17N7O6S/c1-12-18(26-25-16-6-4-3-5-15(16)21(32)33)20(31)30(27-12)23-24-17(11-37-23)19-22(34)36-28-29(19)13-7-9-14(35-2)10-8-13/h3-11H,1-2H3,(H2-,25,27,28,31,32,33,34). The average Bonchev–Trinajstić information content (AvgIpc) is 3.60. The van der Waals surface area contributed by atoms with Crippen LogP contribution in [0.1, 0.15) is 16.1 Å². The van der Waals surface area contributed by atoms with E-state index in [1.807, 2.05) is 0 Å². The van der Waals surface area contributed by atoms with Gasteiger partial charge in [-0.25, -0.2) is 9.78 Å². The van der Waals surface area contributed by atoms with Crippen molar-refractivity contribution in [3.63, 3.8) is 0 Å². The van der Waals surface area contributed by atoms with Crippen molar-refractivity contribution in [3.05, 3.63) is 85.9 Å². The molecule has 5 aromatic rings. The smallest absolute Gasteiger partial charge is 0.437 e. The van der Waals surface area contributed by atoms with Gasteiger partial charge in [-0.05, 0) is 35.1 Å². The number of aromatic amines is 2. The van der Waals surface area contributed by atoms with Crippen molar-refractivity contribution in [2.75, 3.05) is 7.11 Å². The topological polar surface area (TPSA) is 175 Å². The first-order valence-electron chi connectivity index (χ1n) is 10.7. The minimum Gasteiger partial charge on any atom is -0.545 e. The molecular weight excluding hydrogens is 502 g/mol. The van der Waals surface area contributed by atoms with Crippen LogP contribution in [0.15, 0.2) is 78.3 Å². The fourth-order valence-corrected chi connectivity index (χ4v) is 4.27. The van der Waals surface area contributed by atoms with Gasteiger partial charge in [-0.2, -0.15) is 4.68 Å². The molecule has 0 aliphatic carbocycles. The van der Waals surface area contributed by atoms with Gasteiger partial charge in [-0.1, -0.05) is 18.2 Å². The summed E-state index contributed by atoms with van der Waals surface area (Å²) >= 11 is 1.11. The second-order valence-corrected chi connectivity index (χ2v) is 8.45. The Balaban J connectivity index is 1.50. The zero-order valence-electron chi connectivity index (χ0n) is 19.3. The summed E-state index contributed by atoms with van der Waals surface area (Å²) in [5, 5.41) is 26.4. The van der Waals surface area contributed by atoms with Gasteiger partial charge in [-0.3, -0.25) is 14.4 Å². The number of aryl methyl sites for hydroxylation is 1. The Kier molecular flexibility index (Phi) is 6.07. The third kappa shape index (κ3) is 4.36. The van der Waals surface area contributed by atoms with Crippen LogP contribution in [0.4, 0.5) is 11.4 Å². The monoisotopic (exact) mass is 519 g/mol. The lowest BCUT2D eigenvalue weighted by atomic mass is 10.2. The zero-order valence-corrected chi connectivity index (χ0v) is 20.1. The Morgan fingerprint density at radius 2 is 1.92 bits per heavy atom. The number of carbonyl (C=O) groups is 1. The van der Waals surface area contributed by atoms with Crippen molar-refractivity contribution in [3.8, 4) is 28.0 Å². The van der Waals surface area contributed by atoms with E-state index >= 15 is 0 Å². The lowest BCUT2D eigenvalue weighted by Gasteiger charge is -2.04. The Morgan fingerprint density at radius 3 is 2.65 bits per heavy atom. The van der Waals surface area contributed by atoms with Crippen LogP contribution in [-0.2, 0) is 0 Å². The summed E-state index contributed by atoms with van der Waals surface area (Å²) in [5.74, 6) is -0.764. The van der Waals surface area contributed by atoms with Crippen LogP contribution in [0.2, 0.25) is 0 Å². The van der Waals surface area contributed by atoms with Crippen molar-refractivity contribution < 1.29 is 23.8 Å². The van der Waals surface area contributed by atoms with E-state index in [-0.39, 0.29) is 33.5 Å². The van der Waals surface area contributed by atoms with Gasteiger partial charge in [-0.15, -0.1) is 21.6 Å². The molecule has 0 amide bonds. The third-order valence-corrected chi connectivity index (χ3v) is 6.15. The molecule has 0 radical (unpaired) electrons. The number of H-pyrrole nitrogens is 2. The molecule has 14 heteroatoms. The fraction of sp³-hybridized carbons (Fsp3) is 0.0870. The average molecular weight is 519 g/mol. The van der Waals surface area contributed by atoms with E-state index in [4.69, 9.17) is 9.26 Å². The molecule has 0 spiro atoms. The minimum atomic E-state index is -1.41. The lowest BCUT2D eigenvalue weighted by molar-refractivity contribution is -0.660. The number of azo groups is 1. The zero-order chi connectivity index (χ0) is 26.1. The maximum atomic E-state index is 13.1. The summed E-state index contributed by atoms with van der Waals surface area (Å²) in [4.78, 5) is 41.3. The molecule has 5 rings (SSSR count). The number of carboxylic acid groups (broad SMARTS) is 1. The fourth-order valence-electron chi connectivity index (χ4n) is 3.51. The molecule has 2 N–H and O–H groups in total. The predicted octanol–water partition coefficient (Wildman–Crippen LogP) is 1.94. The van der Waals surface area contributed by atoms with Crippen molar-refractivity contribution >= 4 is 28.7 Å². The summed E-state index contributed by atoms with van der Waals surface area (Å²) in [7, 11) is 1.55. The summed E-state index contributed by atoms with van der Waals surface area (Å²) in [6.45, 7) is 1.61. The number of thiazole rings is 1.